The van der Waals surface area contributed by atoms with Crippen molar-refractivity contribution in [2.75, 3.05) is 27.2 Å². The first-order valence-corrected chi connectivity index (χ1v) is 6.08. The van der Waals surface area contributed by atoms with Gasteiger partial charge >= 0.3 is 0 Å². The van der Waals surface area contributed by atoms with Crippen LogP contribution in [0.4, 0.5) is 0 Å². The van der Waals surface area contributed by atoms with Crippen molar-refractivity contribution in [3.63, 3.8) is 0 Å². The summed E-state index contributed by atoms with van der Waals surface area (Å²) in [6.07, 6.45) is 6.82. The van der Waals surface area contributed by atoms with Gasteiger partial charge in [-0.05, 0) is 27.1 Å². The number of hydrogen-bond donors (Lipinski definition) is 1. The predicted octanol–water partition coefficient (Wildman–Crippen LogP) is 2.50. The van der Waals surface area contributed by atoms with Crippen LogP contribution in [-0.2, 0) is 0 Å². The summed E-state index contributed by atoms with van der Waals surface area (Å²) in [5, 5.41) is 3.55. The first kappa shape index (κ1) is 13.9. The van der Waals surface area contributed by atoms with Gasteiger partial charge in [-0.1, -0.05) is 39.5 Å². The van der Waals surface area contributed by atoms with Crippen molar-refractivity contribution < 1.29 is 0 Å². The fourth-order valence-electron chi connectivity index (χ4n) is 1.80. The van der Waals surface area contributed by atoms with Crippen molar-refractivity contribution in [2.45, 2.75) is 52.0 Å². The van der Waals surface area contributed by atoms with Crippen LogP contribution in [0.3, 0.4) is 0 Å². The molecule has 0 fully saturated rings. The Morgan fingerprint density at radius 2 is 1.79 bits per heavy atom. The molecule has 0 aromatic carbocycles. The topological polar surface area (TPSA) is 15.3 Å². The average Bonchev–Trinajstić information content (AvgIpc) is 2.12. The number of unbranched alkanes of at least 4 members (excludes halogenated alkanes) is 3. The third kappa shape index (κ3) is 8.52. The summed E-state index contributed by atoms with van der Waals surface area (Å²) >= 11 is 0. The van der Waals surface area contributed by atoms with Gasteiger partial charge in [0.25, 0.3) is 0 Å². The SMILES string of the molecule is CCCCCCC(CN(C)C)NCC. The highest BCUT2D eigenvalue weighted by atomic mass is 15.1. The van der Waals surface area contributed by atoms with E-state index in [0.717, 1.165) is 6.54 Å². The van der Waals surface area contributed by atoms with Crippen LogP contribution < -0.4 is 5.32 Å². The lowest BCUT2D eigenvalue weighted by molar-refractivity contribution is 0.323. The monoisotopic (exact) mass is 200 g/mol. The van der Waals surface area contributed by atoms with Crippen LogP contribution in [0.15, 0.2) is 0 Å². The van der Waals surface area contributed by atoms with Gasteiger partial charge in [-0.2, -0.15) is 0 Å². The van der Waals surface area contributed by atoms with Crippen molar-refractivity contribution in [3.8, 4) is 0 Å². The molecule has 0 rings (SSSR count). The Kier molecular flexibility index (Phi) is 9.42. The molecular formula is C12H28N2. The highest BCUT2D eigenvalue weighted by Gasteiger charge is 2.07. The lowest BCUT2D eigenvalue weighted by Gasteiger charge is -2.21. The van der Waals surface area contributed by atoms with Crippen molar-refractivity contribution in [1.82, 2.24) is 10.2 Å². The Morgan fingerprint density at radius 1 is 1.07 bits per heavy atom. The molecule has 1 N–H and O–H groups in total. The summed E-state index contributed by atoms with van der Waals surface area (Å²) in [7, 11) is 4.30. The van der Waals surface area contributed by atoms with Gasteiger partial charge < -0.3 is 10.2 Å². The molecule has 2 heteroatoms. The molecule has 0 aliphatic carbocycles. The van der Waals surface area contributed by atoms with E-state index < -0.39 is 0 Å². The van der Waals surface area contributed by atoms with Crippen LogP contribution in [0.2, 0.25) is 0 Å². The Balaban J connectivity index is 3.51. The minimum absolute atomic E-state index is 0.687. The second-order valence-corrected chi connectivity index (χ2v) is 4.37. The summed E-state index contributed by atoms with van der Waals surface area (Å²) < 4.78 is 0. The molecule has 86 valence electrons. The Morgan fingerprint density at radius 3 is 2.29 bits per heavy atom. The second-order valence-electron chi connectivity index (χ2n) is 4.37. The predicted molar refractivity (Wildman–Crippen MR) is 64.8 cm³/mol. The Bertz CT molecular complexity index is 113. The zero-order chi connectivity index (χ0) is 10.8. The molecule has 14 heavy (non-hydrogen) atoms. The van der Waals surface area contributed by atoms with E-state index in [1.807, 2.05) is 0 Å². The van der Waals surface area contributed by atoms with E-state index in [-0.39, 0.29) is 0 Å². The maximum absolute atomic E-state index is 3.55. The first-order valence-electron chi connectivity index (χ1n) is 6.08. The minimum Gasteiger partial charge on any atom is -0.313 e. The Labute approximate surface area is 90.1 Å². The van der Waals surface area contributed by atoms with Crippen molar-refractivity contribution >= 4 is 0 Å². The number of likely N-dealkylation sites (N-methyl/N-ethyl adjacent to an activating group) is 2. The zero-order valence-electron chi connectivity index (χ0n) is 10.5. The van der Waals surface area contributed by atoms with Gasteiger partial charge in [-0.25, -0.2) is 0 Å². The fourth-order valence-corrected chi connectivity index (χ4v) is 1.80. The van der Waals surface area contributed by atoms with Gasteiger partial charge in [0.05, 0.1) is 0 Å². The van der Waals surface area contributed by atoms with Crippen LogP contribution in [0.1, 0.15) is 46.0 Å². The molecule has 1 unspecified atom stereocenters. The number of rotatable bonds is 9. The lowest BCUT2D eigenvalue weighted by Crippen LogP contribution is -2.38. The van der Waals surface area contributed by atoms with E-state index in [2.05, 4.69) is 38.2 Å². The molecule has 0 aromatic heterocycles. The molecule has 0 aliphatic heterocycles. The van der Waals surface area contributed by atoms with E-state index in [9.17, 15) is 0 Å². The summed E-state index contributed by atoms with van der Waals surface area (Å²) in [6, 6.07) is 0.687. The molecule has 0 saturated heterocycles. The van der Waals surface area contributed by atoms with Crippen LogP contribution in [-0.4, -0.2) is 38.1 Å². The smallest absolute Gasteiger partial charge is 0.0194 e. The van der Waals surface area contributed by atoms with Crippen molar-refractivity contribution in [1.29, 1.82) is 0 Å². The van der Waals surface area contributed by atoms with Crippen LogP contribution in [0.5, 0.6) is 0 Å². The fraction of sp³-hybridized carbons (Fsp3) is 1.00. The highest BCUT2D eigenvalue weighted by Crippen LogP contribution is 2.06. The molecule has 0 aliphatic rings. The summed E-state index contributed by atoms with van der Waals surface area (Å²) in [6.45, 7) is 6.71. The third-order valence-electron chi connectivity index (χ3n) is 2.48. The number of hydrogen-bond acceptors (Lipinski definition) is 2. The largest absolute Gasteiger partial charge is 0.313 e. The van der Waals surface area contributed by atoms with E-state index >= 15 is 0 Å². The van der Waals surface area contributed by atoms with Crippen molar-refractivity contribution in [3.05, 3.63) is 0 Å². The lowest BCUT2D eigenvalue weighted by atomic mass is 10.1. The van der Waals surface area contributed by atoms with Gasteiger partial charge in [0, 0.05) is 12.6 Å². The molecule has 0 saturated carbocycles. The van der Waals surface area contributed by atoms with Gasteiger partial charge in [-0.3, -0.25) is 0 Å². The third-order valence-corrected chi connectivity index (χ3v) is 2.48. The quantitative estimate of drug-likeness (QED) is 0.575. The van der Waals surface area contributed by atoms with E-state index in [0.29, 0.717) is 6.04 Å². The molecule has 0 radical (unpaired) electrons. The maximum atomic E-state index is 3.55. The van der Waals surface area contributed by atoms with E-state index in [1.54, 1.807) is 0 Å². The van der Waals surface area contributed by atoms with Gasteiger partial charge in [-0.15, -0.1) is 0 Å². The van der Waals surface area contributed by atoms with Crippen LogP contribution in [0, 0.1) is 0 Å². The molecule has 0 aromatic rings. The zero-order valence-corrected chi connectivity index (χ0v) is 10.5. The minimum atomic E-state index is 0.687. The van der Waals surface area contributed by atoms with Gasteiger partial charge in [0.2, 0.25) is 0 Å². The number of nitrogens with one attached hydrogen (secondary N) is 1. The van der Waals surface area contributed by atoms with Gasteiger partial charge in [0.1, 0.15) is 0 Å². The molecule has 2 nitrogen and oxygen atoms in total. The van der Waals surface area contributed by atoms with E-state index in [1.165, 1.54) is 38.6 Å². The molecule has 0 amide bonds. The van der Waals surface area contributed by atoms with Crippen LogP contribution >= 0.6 is 0 Å². The molecule has 0 bridgehead atoms. The standard InChI is InChI=1S/C12H28N2/c1-5-7-8-9-10-12(13-6-2)11-14(3)4/h12-13H,5-11H2,1-4H3. The summed E-state index contributed by atoms with van der Waals surface area (Å²) in [5.74, 6) is 0. The van der Waals surface area contributed by atoms with Crippen molar-refractivity contribution in [2.24, 2.45) is 0 Å². The van der Waals surface area contributed by atoms with Gasteiger partial charge in [0.15, 0.2) is 0 Å². The average molecular weight is 200 g/mol. The number of nitrogens with zero attached hydrogens (tertiary/aromatic N) is 1. The molecular weight excluding hydrogens is 172 g/mol. The highest BCUT2D eigenvalue weighted by molar-refractivity contribution is 4.68. The second kappa shape index (κ2) is 9.47. The first-order chi connectivity index (χ1) is 6.70. The molecule has 1 atom stereocenters. The maximum Gasteiger partial charge on any atom is 0.0194 e. The van der Waals surface area contributed by atoms with Crippen LogP contribution in [0.25, 0.3) is 0 Å². The summed E-state index contributed by atoms with van der Waals surface area (Å²) in [5.41, 5.74) is 0. The van der Waals surface area contributed by atoms with E-state index in [4.69, 9.17) is 0 Å². The molecule has 0 heterocycles. The normalized spacial score (nSPS) is 13.5. The summed E-state index contributed by atoms with van der Waals surface area (Å²) in [4.78, 5) is 2.27. The Hall–Kier alpha value is -0.0800. The molecule has 0 spiro atoms.